The summed E-state index contributed by atoms with van der Waals surface area (Å²) in [6.45, 7) is 0. The van der Waals surface area contributed by atoms with Gasteiger partial charge in [0.05, 0.1) is 13.3 Å². The molecule has 0 aliphatic carbocycles. The Bertz CT molecular complexity index is 1120. The monoisotopic (exact) mass is 353 g/mol. The van der Waals surface area contributed by atoms with E-state index in [1.165, 1.54) is 4.68 Å². The number of aromatic nitrogens is 3. The molecule has 0 aliphatic heterocycles. The van der Waals surface area contributed by atoms with Crippen molar-refractivity contribution in [3.63, 3.8) is 0 Å². The third-order valence-electron chi connectivity index (χ3n) is 3.80. The number of halogens is 1. The summed E-state index contributed by atoms with van der Waals surface area (Å²) in [6, 6.07) is 14.1. The van der Waals surface area contributed by atoms with E-state index >= 15 is 0 Å². The van der Waals surface area contributed by atoms with Gasteiger partial charge < -0.3 is 9.15 Å². The molecule has 0 aliphatic rings. The lowest BCUT2D eigenvalue weighted by Crippen LogP contribution is -2.10. The van der Waals surface area contributed by atoms with Crippen molar-refractivity contribution in [1.29, 1.82) is 0 Å². The molecule has 4 rings (SSSR count). The van der Waals surface area contributed by atoms with Gasteiger partial charge in [-0.25, -0.2) is 9.48 Å². The molecule has 0 saturated heterocycles. The third-order valence-corrected chi connectivity index (χ3v) is 4.05. The highest BCUT2D eigenvalue weighted by molar-refractivity contribution is 6.30. The Morgan fingerprint density at radius 2 is 1.92 bits per heavy atom. The lowest BCUT2D eigenvalue weighted by Gasteiger charge is -2.03. The summed E-state index contributed by atoms with van der Waals surface area (Å²) in [7, 11) is 1.58. The molecule has 2 aromatic carbocycles. The van der Waals surface area contributed by atoms with Gasteiger partial charge in [0.15, 0.2) is 5.69 Å². The van der Waals surface area contributed by atoms with E-state index in [1.54, 1.807) is 49.7 Å². The molecule has 7 heteroatoms. The number of methoxy groups -OCH3 is 1. The Morgan fingerprint density at radius 1 is 1.12 bits per heavy atom. The zero-order valence-electron chi connectivity index (χ0n) is 13.1. The fourth-order valence-electron chi connectivity index (χ4n) is 2.51. The minimum Gasteiger partial charge on any atom is -0.497 e. The van der Waals surface area contributed by atoms with Gasteiger partial charge in [-0.05, 0) is 36.4 Å². The quantitative estimate of drug-likeness (QED) is 0.525. The predicted octanol–water partition coefficient (Wildman–Crippen LogP) is 3.70. The van der Waals surface area contributed by atoms with E-state index in [1.807, 2.05) is 12.1 Å². The fourth-order valence-corrected chi connectivity index (χ4v) is 2.64. The van der Waals surface area contributed by atoms with Crippen LogP contribution < -0.4 is 10.4 Å². The highest BCUT2D eigenvalue weighted by atomic mass is 35.5. The van der Waals surface area contributed by atoms with E-state index in [0.29, 0.717) is 22.0 Å². The second-order valence-corrected chi connectivity index (χ2v) is 5.81. The molecule has 25 heavy (non-hydrogen) atoms. The summed E-state index contributed by atoms with van der Waals surface area (Å²) in [5, 5.41) is 9.52. The van der Waals surface area contributed by atoms with Crippen LogP contribution in [0.1, 0.15) is 0 Å². The minimum absolute atomic E-state index is 0.272. The molecule has 2 heterocycles. The average molecular weight is 354 g/mol. The molecule has 0 N–H and O–H groups in total. The van der Waals surface area contributed by atoms with Crippen molar-refractivity contribution >= 4 is 22.6 Å². The van der Waals surface area contributed by atoms with Crippen LogP contribution in [0.25, 0.3) is 27.9 Å². The molecule has 6 nitrogen and oxygen atoms in total. The van der Waals surface area contributed by atoms with Crippen molar-refractivity contribution < 1.29 is 9.15 Å². The largest absolute Gasteiger partial charge is 0.497 e. The minimum atomic E-state index is -0.495. The molecule has 0 bridgehead atoms. The smallest absolute Gasteiger partial charge is 0.362 e. The summed E-state index contributed by atoms with van der Waals surface area (Å²) >= 11 is 5.90. The molecule has 0 fully saturated rings. The molecular formula is C18H12ClN3O3. The Morgan fingerprint density at radius 3 is 2.68 bits per heavy atom. The molecule has 0 saturated carbocycles. The molecule has 0 spiro atoms. The van der Waals surface area contributed by atoms with Crippen molar-refractivity contribution in [2.75, 3.05) is 7.11 Å². The van der Waals surface area contributed by atoms with Crippen molar-refractivity contribution in [3.8, 4) is 22.7 Å². The molecule has 4 aromatic rings. The van der Waals surface area contributed by atoms with Crippen LogP contribution in [-0.4, -0.2) is 22.1 Å². The summed E-state index contributed by atoms with van der Waals surface area (Å²) in [5.74, 6) is 0.674. The Kier molecular flexibility index (Phi) is 3.74. The zero-order chi connectivity index (χ0) is 17.4. The molecule has 2 aromatic heterocycles. The van der Waals surface area contributed by atoms with Crippen LogP contribution in [0, 0.1) is 0 Å². The number of hydrogen-bond donors (Lipinski definition) is 0. The van der Waals surface area contributed by atoms with Gasteiger partial charge in [-0.2, -0.15) is 0 Å². The second kappa shape index (κ2) is 6.07. The van der Waals surface area contributed by atoms with Crippen LogP contribution >= 0.6 is 11.6 Å². The summed E-state index contributed by atoms with van der Waals surface area (Å²) < 4.78 is 12.0. The lowest BCUT2D eigenvalue weighted by atomic mass is 10.2. The van der Waals surface area contributed by atoms with E-state index in [4.69, 9.17) is 20.8 Å². The van der Waals surface area contributed by atoms with E-state index < -0.39 is 5.63 Å². The van der Waals surface area contributed by atoms with Gasteiger partial charge in [0.2, 0.25) is 0 Å². The fraction of sp³-hybridized carbons (Fsp3) is 0.0556. The second-order valence-electron chi connectivity index (χ2n) is 5.38. The molecule has 0 atom stereocenters. The maximum absolute atomic E-state index is 12.3. The summed E-state index contributed by atoms with van der Waals surface area (Å²) in [6.07, 6.45) is 1.67. The molecule has 124 valence electrons. The number of rotatable bonds is 3. The highest BCUT2D eigenvalue weighted by Gasteiger charge is 2.11. The first-order valence-electron chi connectivity index (χ1n) is 7.44. The van der Waals surface area contributed by atoms with Crippen molar-refractivity contribution in [3.05, 3.63) is 70.2 Å². The maximum Gasteiger partial charge on any atom is 0.362 e. The van der Waals surface area contributed by atoms with Crippen molar-refractivity contribution in [2.45, 2.75) is 0 Å². The highest BCUT2D eigenvalue weighted by Crippen LogP contribution is 2.23. The molecule has 0 radical (unpaired) electrons. The Balaban J connectivity index is 1.80. The van der Waals surface area contributed by atoms with Gasteiger partial charge in [0, 0.05) is 16.0 Å². The van der Waals surface area contributed by atoms with Gasteiger partial charge in [-0.1, -0.05) is 28.9 Å². The standard InChI is InChI=1S/C18H12ClN3O3/c1-24-14-6-7-17-12(8-14)9-16(18(23)25-17)22-10-15(20-21-22)11-2-4-13(19)5-3-11/h2-10H,1H3. The SMILES string of the molecule is COc1ccc2oc(=O)c(-n3cc(-c4ccc(Cl)cc4)nn3)cc2c1. The maximum atomic E-state index is 12.3. The zero-order valence-corrected chi connectivity index (χ0v) is 13.9. The van der Waals surface area contributed by atoms with Gasteiger partial charge in [-0.15, -0.1) is 5.10 Å². The topological polar surface area (TPSA) is 70.2 Å². The predicted molar refractivity (Wildman–Crippen MR) is 94.4 cm³/mol. The summed E-state index contributed by atoms with van der Waals surface area (Å²) in [4.78, 5) is 12.3. The molecule has 0 amide bonds. The number of hydrogen-bond acceptors (Lipinski definition) is 5. The lowest BCUT2D eigenvalue weighted by molar-refractivity contribution is 0.415. The van der Waals surface area contributed by atoms with Crippen LogP contribution in [-0.2, 0) is 0 Å². The van der Waals surface area contributed by atoms with Gasteiger partial charge in [0.25, 0.3) is 0 Å². The van der Waals surface area contributed by atoms with E-state index in [-0.39, 0.29) is 5.69 Å². The first kappa shape index (κ1) is 15.4. The normalized spacial score (nSPS) is 11.0. The van der Waals surface area contributed by atoms with Crippen LogP contribution in [0.3, 0.4) is 0 Å². The van der Waals surface area contributed by atoms with E-state index in [9.17, 15) is 4.79 Å². The van der Waals surface area contributed by atoms with Gasteiger partial charge in [0.1, 0.15) is 17.0 Å². The Labute approximate surface area is 147 Å². The van der Waals surface area contributed by atoms with E-state index in [0.717, 1.165) is 10.9 Å². The van der Waals surface area contributed by atoms with Crippen LogP contribution in [0.5, 0.6) is 5.75 Å². The van der Waals surface area contributed by atoms with E-state index in [2.05, 4.69) is 10.3 Å². The number of benzene rings is 2. The van der Waals surface area contributed by atoms with Crippen LogP contribution in [0.4, 0.5) is 0 Å². The van der Waals surface area contributed by atoms with Gasteiger partial charge >= 0.3 is 5.63 Å². The first-order valence-corrected chi connectivity index (χ1v) is 7.82. The van der Waals surface area contributed by atoms with Crippen molar-refractivity contribution in [2.24, 2.45) is 0 Å². The average Bonchev–Trinajstić information content (AvgIpc) is 3.11. The van der Waals surface area contributed by atoms with Crippen LogP contribution in [0.15, 0.2) is 63.9 Å². The number of nitrogens with zero attached hydrogens (tertiary/aromatic N) is 3. The number of ether oxygens (including phenoxy) is 1. The van der Waals surface area contributed by atoms with Crippen molar-refractivity contribution in [1.82, 2.24) is 15.0 Å². The molecular weight excluding hydrogens is 342 g/mol. The summed E-state index contributed by atoms with van der Waals surface area (Å²) in [5.41, 5.74) is 1.73. The first-order chi connectivity index (χ1) is 12.1. The van der Waals surface area contributed by atoms with Gasteiger partial charge in [-0.3, -0.25) is 0 Å². The third kappa shape index (κ3) is 2.88. The van der Waals surface area contributed by atoms with Crippen LogP contribution in [0.2, 0.25) is 5.02 Å². The number of fused-ring (bicyclic) bond motifs is 1. The molecule has 0 unspecified atom stereocenters. The Hall–Kier alpha value is -3.12.